The number of pyridine rings is 1. The van der Waals surface area contributed by atoms with Crippen molar-refractivity contribution in [3.05, 3.63) is 36.4 Å². The monoisotopic (exact) mass is 235 g/mol. The smallest absolute Gasteiger partial charge is 0.176 e. The van der Waals surface area contributed by atoms with Gasteiger partial charge in [0.2, 0.25) is 0 Å². The Labute approximate surface area is 98.2 Å². The van der Waals surface area contributed by atoms with E-state index in [0.717, 1.165) is 5.69 Å². The summed E-state index contributed by atoms with van der Waals surface area (Å²) in [7, 11) is 0. The summed E-state index contributed by atoms with van der Waals surface area (Å²) in [4.78, 5) is 10.3. The number of hydrogen-bond donors (Lipinski definition) is 2. The van der Waals surface area contributed by atoms with Crippen molar-refractivity contribution in [2.75, 3.05) is 11.2 Å². The van der Waals surface area contributed by atoms with Crippen LogP contribution in [0.1, 0.15) is 0 Å². The zero-order valence-electron chi connectivity index (χ0n) is 8.87. The van der Waals surface area contributed by atoms with Crippen molar-refractivity contribution in [3.63, 3.8) is 0 Å². The SMILES string of the molecule is CSC1N=C(N)C=C(N)N1c1cccnc1. The van der Waals surface area contributed by atoms with Crippen molar-refractivity contribution in [1.29, 1.82) is 0 Å². The number of thioether (sulfide) groups is 1. The Morgan fingerprint density at radius 2 is 2.25 bits per heavy atom. The molecule has 0 amide bonds. The number of hydrogen-bond acceptors (Lipinski definition) is 6. The molecule has 1 aliphatic rings. The minimum absolute atomic E-state index is 0.130. The molecule has 4 N–H and O–H groups in total. The normalized spacial score (nSPS) is 20.3. The van der Waals surface area contributed by atoms with Crippen LogP contribution in [0.3, 0.4) is 0 Å². The molecule has 1 atom stereocenters. The van der Waals surface area contributed by atoms with E-state index in [1.54, 1.807) is 30.2 Å². The average molecular weight is 235 g/mol. The molecule has 0 saturated carbocycles. The molecule has 0 spiro atoms. The Morgan fingerprint density at radius 1 is 1.44 bits per heavy atom. The molecule has 2 rings (SSSR count). The van der Waals surface area contributed by atoms with Gasteiger partial charge in [-0.25, -0.2) is 4.99 Å². The van der Waals surface area contributed by atoms with Gasteiger partial charge in [-0.1, -0.05) is 0 Å². The van der Waals surface area contributed by atoms with Gasteiger partial charge in [-0.2, -0.15) is 0 Å². The van der Waals surface area contributed by atoms with Crippen molar-refractivity contribution < 1.29 is 0 Å². The summed E-state index contributed by atoms with van der Waals surface area (Å²) in [5.41, 5.74) is 12.4. The van der Waals surface area contributed by atoms with Gasteiger partial charge >= 0.3 is 0 Å². The van der Waals surface area contributed by atoms with Crippen molar-refractivity contribution in [2.24, 2.45) is 16.5 Å². The van der Waals surface area contributed by atoms with Gasteiger partial charge in [0.25, 0.3) is 0 Å². The van der Waals surface area contributed by atoms with E-state index in [2.05, 4.69) is 9.98 Å². The summed E-state index contributed by atoms with van der Waals surface area (Å²) in [5.74, 6) is 1.04. The van der Waals surface area contributed by atoms with Crippen LogP contribution in [0.5, 0.6) is 0 Å². The van der Waals surface area contributed by atoms with Gasteiger partial charge in [0.15, 0.2) is 5.50 Å². The zero-order chi connectivity index (χ0) is 11.5. The van der Waals surface area contributed by atoms with E-state index in [0.29, 0.717) is 11.7 Å². The third kappa shape index (κ3) is 1.96. The number of anilines is 1. The molecule has 1 aromatic rings. The number of nitrogens with two attached hydrogens (primary N) is 2. The maximum Gasteiger partial charge on any atom is 0.176 e. The number of amidine groups is 1. The molecule has 1 aromatic heterocycles. The van der Waals surface area contributed by atoms with Crippen LogP contribution in [0.15, 0.2) is 41.4 Å². The predicted octanol–water partition coefficient (Wildman–Crippen LogP) is 0.705. The third-order valence-electron chi connectivity index (χ3n) is 2.19. The van der Waals surface area contributed by atoms with Gasteiger partial charge in [-0.15, -0.1) is 11.8 Å². The fourth-order valence-electron chi connectivity index (χ4n) is 1.50. The largest absolute Gasteiger partial charge is 0.385 e. The second-order valence-electron chi connectivity index (χ2n) is 3.27. The van der Waals surface area contributed by atoms with Crippen molar-refractivity contribution in [1.82, 2.24) is 4.98 Å². The highest BCUT2D eigenvalue weighted by molar-refractivity contribution is 7.99. The second-order valence-corrected chi connectivity index (χ2v) is 4.16. The fourth-order valence-corrected chi connectivity index (χ4v) is 2.18. The standard InChI is InChI=1S/C10H13N5S/c1-16-10-14-8(11)5-9(12)15(10)7-3-2-4-13-6-7/h2-6,10H,12H2,1H3,(H2,11,14). The Balaban J connectivity index is 2.37. The lowest BCUT2D eigenvalue weighted by Crippen LogP contribution is -2.40. The van der Waals surface area contributed by atoms with Gasteiger partial charge in [0.05, 0.1) is 11.9 Å². The van der Waals surface area contributed by atoms with Gasteiger partial charge in [-0.3, -0.25) is 9.88 Å². The Morgan fingerprint density at radius 3 is 2.88 bits per heavy atom. The van der Waals surface area contributed by atoms with Crippen molar-refractivity contribution in [2.45, 2.75) is 5.50 Å². The minimum atomic E-state index is -0.130. The molecule has 16 heavy (non-hydrogen) atoms. The quantitative estimate of drug-likeness (QED) is 0.789. The molecule has 84 valence electrons. The second kappa shape index (κ2) is 4.44. The van der Waals surface area contributed by atoms with Crippen molar-refractivity contribution in [3.8, 4) is 0 Å². The minimum Gasteiger partial charge on any atom is -0.385 e. The van der Waals surface area contributed by atoms with Crippen LogP contribution in [-0.2, 0) is 0 Å². The zero-order valence-corrected chi connectivity index (χ0v) is 9.69. The molecular formula is C10H13N5S. The molecule has 5 nitrogen and oxygen atoms in total. The predicted molar refractivity (Wildman–Crippen MR) is 67.9 cm³/mol. The fraction of sp³-hybridized carbons (Fsp3) is 0.200. The first-order valence-corrected chi connectivity index (χ1v) is 6.03. The van der Waals surface area contributed by atoms with E-state index >= 15 is 0 Å². The maximum atomic E-state index is 5.95. The van der Waals surface area contributed by atoms with E-state index in [9.17, 15) is 0 Å². The lowest BCUT2D eigenvalue weighted by Gasteiger charge is -2.32. The third-order valence-corrected chi connectivity index (χ3v) is 2.93. The molecule has 0 bridgehead atoms. The Hall–Kier alpha value is -1.69. The topological polar surface area (TPSA) is 80.5 Å². The molecular weight excluding hydrogens is 222 g/mol. The summed E-state index contributed by atoms with van der Waals surface area (Å²) in [6.45, 7) is 0. The van der Waals surface area contributed by atoms with Gasteiger partial charge < -0.3 is 11.5 Å². The molecule has 1 unspecified atom stereocenters. The van der Waals surface area contributed by atoms with E-state index in [1.807, 2.05) is 23.3 Å². The van der Waals surface area contributed by atoms with Crippen LogP contribution in [0.2, 0.25) is 0 Å². The summed E-state index contributed by atoms with van der Waals surface area (Å²) < 4.78 is 0. The van der Waals surface area contributed by atoms with E-state index in [4.69, 9.17) is 11.5 Å². The molecule has 1 aliphatic heterocycles. The first-order valence-electron chi connectivity index (χ1n) is 4.75. The van der Waals surface area contributed by atoms with E-state index in [-0.39, 0.29) is 5.50 Å². The summed E-state index contributed by atoms with van der Waals surface area (Å²) in [6.07, 6.45) is 7.09. The maximum absolute atomic E-state index is 5.95. The van der Waals surface area contributed by atoms with E-state index < -0.39 is 0 Å². The molecule has 6 heteroatoms. The molecule has 0 saturated heterocycles. The highest BCUT2D eigenvalue weighted by Crippen LogP contribution is 2.26. The molecule has 0 aromatic carbocycles. The van der Waals surface area contributed by atoms with E-state index in [1.165, 1.54) is 0 Å². The number of nitrogens with zero attached hydrogens (tertiary/aromatic N) is 3. The van der Waals surface area contributed by atoms with Crippen LogP contribution in [0.25, 0.3) is 0 Å². The number of rotatable bonds is 2. The summed E-state index contributed by atoms with van der Waals surface area (Å²) in [5, 5.41) is 0. The molecule has 0 aliphatic carbocycles. The van der Waals surface area contributed by atoms with Crippen LogP contribution in [-0.4, -0.2) is 22.6 Å². The summed E-state index contributed by atoms with van der Waals surface area (Å²) in [6, 6.07) is 3.80. The molecule has 0 radical (unpaired) electrons. The Bertz CT molecular complexity index is 428. The number of aromatic nitrogens is 1. The van der Waals surface area contributed by atoms with Gasteiger partial charge in [0, 0.05) is 12.3 Å². The molecule has 2 heterocycles. The van der Waals surface area contributed by atoms with Crippen LogP contribution < -0.4 is 16.4 Å². The first-order chi connectivity index (χ1) is 7.72. The van der Waals surface area contributed by atoms with Crippen LogP contribution in [0.4, 0.5) is 5.69 Å². The first kappa shape index (κ1) is 10.8. The Kier molecular flexibility index (Phi) is 3.00. The van der Waals surface area contributed by atoms with Crippen LogP contribution in [0, 0.1) is 0 Å². The van der Waals surface area contributed by atoms with Crippen LogP contribution >= 0.6 is 11.8 Å². The molecule has 0 fully saturated rings. The van der Waals surface area contributed by atoms with Crippen molar-refractivity contribution >= 4 is 23.3 Å². The number of aliphatic imine (C=N–C) groups is 1. The lowest BCUT2D eigenvalue weighted by atomic mass is 10.3. The highest BCUT2D eigenvalue weighted by Gasteiger charge is 2.23. The highest BCUT2D eigenvalue weighted by atomic mass is 32.2. The summed E-state index contributed by atoms with van der Waals surface area (Å²) >= 11 is 1.57. The average Bonchev–Trinajstić information content (AvgIpc) is 2.29. The van der Waals surface area contributed by atoms with Gasteiger partial charge in [-0.05, 0) is 18.4 Å². The van der Waals surface area contributed by atoms with Gasteiger partial charge in [0.1, 0.15) is 11.7 Å². The lowest BCUT2D eigenvalue weighted by molar-refractivity contribution is 0.840.